The molecule has 2 N–H and O–H groups in total. The van der Waals surface area contributed by atoms with E-state index >= 15 is 0 Å². The zero-order valence-electron chi connectivity index (χ0n) is 10.9. The molecule has 2 heterocycles. The third-order valence-corrected chi connectivity index (χ3v) is 4.15. The van der Waals surface area contributed by atoms with E-state index in [2.05, 4.69) is 26.9 Å². The van der Waals surface area contributed by atoms with E-state index in [-0.39, 0.29) is 0 Å². The van der Waals surface area contributed by atoms with E-state index in [1.165, 1.54) is 0 Å². The molecular formula is C13H12N6S. The molecule has 0 saturated carbocycles. The molecule has 1 aromatic carbocycles. The van der Waals surface area contributed by atoms with E-state index < -0.39 is 0 Å². The van der Waals surface area contributed by atoms with E-state index in [0.717, 1.165) is 39.0 Å². The second-order valence-corrected chi connectivity index (χ2v) is 5.51. The van der Waals surface area contributed by atoms with Crippen molar-refractivity contribution in [2.24, 2.45) is 5.11 Å². The molecular weight excluding hydrogens is 272 g/mol. The van der Waals surface area contributed by atoms with Crippen molar-refractivity contribution in [3.63, 3.8) is 0 Å². The molecule has 3 rings (SSSR count). The number of aryl methyl sites for hydroxylation is 1. The number of hydrogen-bond donors (Lipinski definition) is 1. The molecule has 0 saturated heterocycles. The number of fused-ring (bicyclic) bond motifs is 3. The molecule has 0 bridgehead atoms. The van der Waals surface area contributed by atoms with Crippen LogP contribution in [0.1, 0.15) is 18.4 Å². The summed E-state index contributed by atoms with van der Waals surface area (Å²) in [4.78, 5) is 11.7. The lowest BCUT2D eigenvalue weighted by Crippen LogP contribution is -1.92. The van der Waals surface area contributed by atoms with E-state index in [4.69, 9.17) is 11.3 Å². The van der Waals surface area contributed by atoms with Crippen LogP contribution in [-0.4, -0.2) is 9.97 Å². The minimum atomic E-state index is 0.447. The first kappa shape index (κ1) is 12.7. The van der Waals surface area contributed by atoms with Crippen molar-refractivity contribution in [2.45, 2.75) is 19.8 Å². The second kappa shape index (κ2) is 4.96. The van der Waals surface area contributed by atoms with Crippen molar-refractivity contribution in [1.82, 2.24) is 9.97 Å². The van der Waals surface area contributed by atoms with Gasteiger partial charge in [-0.3, -0.25) is 0 Å². The Bertz CT molecular complexity index is 847. The minimum Gasteiger partial charge on any atom is -0.382 e. The van der Waals surface area contributed by atoms with Crippen LogP contribution in [0.15, 0.2) is 23.3 Å². The van der Waals surface area contributed by atoms with Gasteiger partial charge in [-0.25, -0.2) is 9.97 Å². The maximum atomic E-state index is 8.54. The number of anilines is 1. The van der Waals surface area contributed by atoms with Crippen molar-refractivity contribution < 1.29 is 0 Å². The molecule has 7 heteroatoms. The number of hydrogen-bond acceptors (Lipinski definition) is 5. The van der Waals surface area contributed by atoms with Crippen molar-refractivity contribution in [2.75, 3.05) is 5.73 Å². The minimum absolute atomic E-state index is 0.447. The molecule has 0 spiro atoms. The number of nitrogens with zero attached hydrogens (tertiary/aromatic N) is 5. The largest absolute Gasteiger partial charge is 0.382 e. The number of thiazole rings is 1. The number of benzene rings is 1. The van der Waals surface area contributed by atoms with Crippen LogP contribution in [0.2, 0.25) is 0 Å². The van der Waals surface area contributed by atoms with Crippen molar-refractivity contribution >= 4 is 44.0 Å². The summed E-state index contributed by atoms with van der Waals surface area (Å²) in [5, 5.41) is 5.62. The summed E-state index contributed by atoms with van der Waals surface area (Å²) in [5.74, 6) is 0.447. The monoisotopic (exact) mass is 284 g/mol. The summed E-state index contributed by atoms with van der Waals surface area (Å²) in [6, 6.07) is 5.38. The average molecular weight is 284 g/mol. The fraction of sp³-hybridized carbons (Fsp3) is 0.231. The fourth-order valence-electron chi connectivity index (χ4n) is 2.14. The quantitative estimate of drug-likeness (QED) is 0.440. The zero-order valence-corrected chi connectivity index (χ0v) is 11.7. The number of nitrogens with two attached hydrogens (primary N) is 1. The lowest BCUT2D eigenvalue weighted by molar-refractivity contribution is 0.913. The van der Waals surface area contributed by atoms with Gasteiger partial charge in [0.15, 0.2) is 5.82 Å². The molecule has 0 fully saturated rings. The summed E-state index contributed by atoms with van der Waals surface area (Å²) >= 11 is 1.63. The number of aromatic nitrogens is 2. The molecule has 0 radical (unpaired) electrons. The SMILES string of the molecule is CCCc1nc2c(N)nc3ccc(N=[N+]=[N-])cc3c2s1. The Morgan fingerprint density at radius 2 is 2.25 bits per heavy atom. The Hall–Kier alpha value is -2.37. The predicted molar refractivity (Wildman–Crippen MR) is 82.1 cm³/mol. The summed E-state index contributed by atoms with van der Waals surface area (Å²) in [6.45, 7) is 2.12. The van der Waals surface area contributed by atoms with Gasteiger partial charge in [-0.2, -0.15) is 0 Å². The Morgan fingerprint density at radius 3 is 3.00 bits per heavy atom. The third kappa shape index (κ3) is 2.03. The maximum absolute atomic E-state index is 8.54. The van der Waals surface area contributed by atoms with Crippen molar-refractivity contribution in [3.8, 4) is 0 Å². The van der Waals surface area contributed by atoms with Crippen LogP contribution in [-0.2, 0) is 6.42 Å². The highest BCUT2D eigenvalue weighted by molar-refractivity contribution is 7.19. The standard InChI is InChI=1S/C13H12N6S/c1-2-3-10-17-11-12(20-10)8-6-7(18-19-15)4-5-9(8)16-13(11)14/h4-6H,2-3H2,1H3,(H2,14,16). The van der Waals surface area contributed by atoms with E-state index in [0.29, 0.717) is 11.5 Å². The van der Waals surface area contributed by atoms with Gasteiger partial charge < -0.3 is 5.73 Å². The van der Waals surface area contributed by atoms with Gasteiger partial charge in [0.2, 0.25) is 0 Å². The molecule has 3 aromatic rings. The molecule has 6 nitrogen and oxygen atoms in total. The summed E-state index contributed by atoms with van der Waals surface area (Å²) in [7, 11) is 0. The lowest BCUT2D eigenvalue weighted by Gasteiger charge is -2.01. The van der Waals surface area contributed by atoms with Gasteiger partial charge >= 0.3 is 0 Å². The number of pyridine rings is 1. The van der Waals surface area contributed by atoms with Crippen LogP contribution in [0, 0.1) is 0 Å². The first-order valence-electron chi connectivity index (χ1n) is 6.26. The normalized spacial score (nSPS) is 10.8. The predicted octanol–water partition coefficient (Wildman–Crippen LogP) is 4.32. The smallest absolute Gasteiger partial charge is 0.151 e. The van der Waals surface area contributed by atoms with E-state index in [9.17, 15) is 0 Å². The van der Waals surface area contributed by atoms with Gasteiger partial charge in [-0.15, -0.1) is 11.3 Å². The summed E-state index contributed by atoms with van der Waals surface area (Å²) in [5.41, 5.74) is 16.6. The number of azide groups is 1. The van der Waals surface area contributed by atoms with Crippen molar-refractivity contribution in [3.05, 3.63) is 33.6 Å². The molecule has 0 aliphatic rings. The van der Waals surface area contributed by atoms with Crippen LogP contribution < -0.4 is 5.73 Å². The van der Waals surface area contributed by atoms with Crippen LogP contribution in [0.4, 0.5) is 11.5 Å². The second-order valence-electron chi connectivity index (χ2n) is 4.42. The topological polar surface area (TPSA) is 101 Å². The first-order valence-corrected chi connectivity index (χ1v) is 7.08. The first-order chi connectivity index (χ1) is 9.72. The highest BCUT2D eigenvalue weighted by Gasteiger charge is 2.12. The molecule has 0 unspecified atom stereocenters. The zero-order chi connectivity index (χ0) is 14.1. The Balaban J connectivity index is 2.35. The molecule has 0 aliphatic heterocycles. The average Bonchev–Trinajstić information content (AvgIpc) is 2.85. The highest BCUT2D eigenvalue weighted by atomic mass is 32.1. The van der Waals surface area contributed by atoms with Crippen LogP contribution in [0.3, 0.4) is 0 Å². The Labute approximate surface area is 118 Å². The molecule has 20 heavy (non-hydrogen) atoms. The Morgan fingerprint density at radius 1 is 1.40 bits per heavy atom. The van der Waals surface area contributed by atoms with Gasteiger partial charge in [0, 0.05) is 16.0 Å². The molecule has 0 atom stereocenters. The molecule has 0 aliphatic carbocycles. The van der Waals surface area contributed by atoms with Crippen LogP contribution >= 0.6 is 11.3 Å². The molecule has 100 valence electrons. The van der Waals surface area contributed by atoms with E-state index in [1.807, 2.05) is 12.1 Å². The number of nitrogen functional groups attached to an aromatic ring is 1. The summed E-state index contributed by atoms with van der Waals surface area (Å²) < 4.78 is 1.01. The van der Waals surface area contributed by atoms with Gasteiger partial charge in [-0.05, 0) is 30.5 Å². The van der Waals surface area contributed by atoms with Gasteiger partial charge in [-0.1, -0.05) is 18.1 Å². The fourth-order valence-corrected chi connectivity index (χ4v) is 3.34. The van der Waals surface area contributed by atoms with Gasteiger partial charge in [0.25, 0.3) is 0 Å². The van der Waals surface area contributed by atoms with Crippen LogP contribution in [0.5, 0.6) is 0 Å². The van der Waals surface area contributed by atoms with E-state index in [1.54, 1.807) is 17.4 Å². The number of rotatable bonds is 3. The van der Waals surface area contributed by atoms with Crippen molar-refractivity contribution in [1.29, 1.82) is 0 Å². The van der Waals surface area contributed by atoms with Gasteiger partial charge in [0.05, 0.1) is 15.2 Å². The third-order valence-electron chi connectivity index (χ3n) is 3.00. The maximum Gasteiger partial charge on any atom is 0.151 e. The molecule has 2 aromatic heterocycles. The van der Waals surface area contributed by atoms with Gasteiger partial charge in [0.1, 0.15) is 5.52 Å². The lowest BCUT2D eigenvalue weighted by atomic mass is 10.2. The molecule has 0 amide bonds. The summed E-state index contributed by atoms with van der Waals surface area (Å²) in [6.07, 6.45) is 1.96. The van der Waals surface area contributed by atoms with Crippen LogP contribution in [0.25, 0.3) is 31.6 Å². The highest BCUT2D eigenvalue weighted by Crippen LogP contribution is 2.34. The Kier molecular flexibility index (Phi) is 3.14.